The van der Waals surface area contributed by atoms with Crippen LogP contribution in [-0.2, 0) is 6.42 Å². The van der Waals surface area contributed by atoms with E-state index in [0.717, 1.165) is 17.8 Å². The molecule has 3 atom stereocenters. The molecule has 1 heterocycles. The molecule has 1 aromatic carbocycles. The van der Waals surface area contributed by atoms with E-state index in [2.05, 4.69) is 56.1 Å². The molecule has 1 nitrogen and oxygen atoms in total. The number of hydrogen-bond donors (Lipinski definition) is 0. The SMILES string of the molecule is CCC1C2=CCCC3=C2C(CCN3C)C1CCCCCCCc1ccccc1C. The fourth-order valence-electron chi connectivity index (χ4n) is 6.54. The van der Waals surface area contributed by atoms with Crippen LogP contribution >= 0.6 is 0 Å². The van der Waals surface area contributed by atoms with E-state index < -0.39 is 0 Å². The average molecular weight is 392 g/mol. The maximum Gasteiger partial charge on any atom is 0.0177 e. The topological polar surface area (TPSA) is 3.24 Å². The van der Waals surface area contributed by atoms with Crippen molar-refractivity contribution in [2.24, 2.45) is 17.8 Å². The predicted molar refractivity (Wildman–Crippen MR) is 125 cm³/mol. The zero-order valence-electron chi connectivity index (χ0n) is 19.1. The van der Waals surface area contributed by atoms with Crippen LogP contribution in [0.15, 0.2) is 47.2 Å². The van der Waals surface area contributed by atoms with Crippen LogP contribution in [0.25, 0.3) is 0 Å². The number of nitrogens with zero attached hydrogens (tertiary/aromatic N) is 1. The summed E-state index contributed by atoms with van der Waals surface area (Å²) in [6.45, 7) is 5.96. The molecule has 1 fully saturated rings. The fourth-order valence-corrected chi connectivity index (χ4v) is 6.54. The standard InChI is InChI=1S/C28H41N/c1-4-23-24(26-19-20-29(3)27-18-12-17-25(23)28(26)27)16-9-7-5-6-8-14-22-15-11-10-13-21(22)2/h10-11,13,15,17,23-24,26H,4-9,12,14,16,18-20H2,1-3H3. The van der Waals surface area contributed by atoms with Gasteiger partial charge in [-0.3, -0.25) is 0 Å². The molecule has 0 saturated heterocycles. The van der Waals surface area contributed by atoms with Gasteiger partial charge in [0.25, 0.3) is 0 Å². The molecule has 0 amide bonds. The molecule has 1 heteroatoms. The Bertz CT molecular complexity index is 755. The minimum Gasteiger partial charge on any atom is -0.378 e. The lowest BCUT2D eigenvalue weighted by atomic mass is 9.80. The van der Waals surface area contributed by atoms with E-state index in [1.54, 1.807) is 22.4 Å². The molecule has 0 N–H and O–H groups in total. The Kier molecular flexibility index (Phi) is 6.83. The largest absolute Gasteiger partial charge is 0.378 e. The fraction of sp³-hybridized carbons (Fsp3) is 0.643. The quantitative estimate of drug-likeness (QED) is 0.395. The van der Waals surface area contributed by atoms with Gasteiger partial charge >= 0.3 is 0 Å². The Balaban J connectivity index is 1.25. The summed E-state index contributed by atoms with van der Waals surface area (Å²) in [6, 6.07) is 8.89. The van der Waals surface area contributed by atoms with Crippen molar-refractivity contribution in [2.45, 2.75) is 84.5 Å². The van der Waals surface area contributed by atoms with Crippen molar-refractivity contribution in [3.05, 3.63) is 58.3 Å². The molecule has 4 rings (SSSR count). The summed E-state index contributed by atoms with van der Waals surface area (Å²) in [5.41, 5.74) is 8.29. The van der Waals surface area contributed by atoms with Gasteiger partial charge in [0.2, 0.25) is 0 Å². The first-order chi connectivity index (χ1) is 14.2. The van der Waals surface area contributed by atoms with Crippen LogP contribution in [-0.4, -0.2) is 18.5 Å². The van der Waals surface area contributed by atoms with Crippen LogP contribution in [0.1, 0.15) is 82.3 Å². The van der Waals surface area contributed by atoms with Crippen LogP contribution < -0.4 is 0 Å². The predicted octanol–water partition coefficient (Wildman–Crippen LogP) is 7.46. The molecule has 0 spiro atoms. The maximum atomic E-state index is 2.62. The second-order valence-electron chi connectivity index (χ2n) is 9.79. The number of benzene rings is 1. The molecule has 158 valence electrons. The molecule has 1 aliphatic heterocycles. The number of allylic oxidation sites excluding steroid dienone is 4. The van der Waals surface area contributed by atoms with Crippen LogP contribution in [0.3, 0.4) is 0 Å². The van der Waals surface area contributed by atoms with Gasteiger partial charge in [-0.2, -0.15) is 0 Å². The van der Waals surface area contributed by atoms with Crippen molar-refractivity contribution in [1.82, 2.24) is 4.90 Å². The number of rotatable bonds is 9. The van der Waals surface area contributed by atoms with Gasteiger partial charge in [-0.25, -0.2) is 0 Å². The number of hydrogen-bond acceptors (Lipinski definition) is 1. The van der Waals surface area contributed by atoms with Crippen molar-refractivity contribution in [3.8, 4) is 0 Å². The molecule has 1 aromatic rings. The summed E-state index contributed by atoms with van der Waals surface area (Å²) in [5.74, 6) is 2.65. The van der Waals surface area contributed by atoms with Crippen molar-refractivity contribution < 1.29 is 0 Å². The second-order valence-corrected chi connectivity index (χ2v) is 9.79. The highest BCUT2D eigenvalue weighted by atomic mass is 15.1. The summed E-state index contributed by atoms with van der Waals surface area (Å²) < 4.78 is 0. The summed E-state index contributed by atoms with van der Waals surface area (Å²) >= 11 is 0. The van der Waals surface area contributed by atoms with Crippen LogP contribution in [0, 0.1) is 24.7 Å². The summed E-state index contributed by atoms with van der Waals surface area (Å²) in [5, 5.41) is 0. The molecule has 2 aliphatic carbocycles. The van der Waals surface area contributed by atoms with Gasteiger partial charge in [-0.15, -0.1) is 0 Å². The Hall–Kier alpha value is -1.50. The van der Waals surface area contributed by atoms with Gasteiger partial charge in [0, 0.05) is 19.3 Å². The van der Waals surface area contributed by atoms with Gasteiger partial charge in [0.15, 0.2) is 0 Å². The lowest BCUT2D eigenvalue weighted by Gasteiger charge is -2.36. The molecule has 0 aromatic heterocycles. The van der Waals surface area contributed by atoms with E-state index in [-0.39, 0.29) is 0 Å². The monoisotopic (exact) mass is 391 g/mol. The van der Waals surface area contributed by atoms with Gasteiger partial charge in [-0.1, -0.05) is 62.9 Å². The molecule has 3 unspecified atom stereocenters. The van der Waals surface area contributed by atoms with Gasteiger partial charge < -0.3 is 4.90 Å². The Labute approximate surface area is 179 Å². The molecular formula is C28H41N. The van der Waals surface area contributed by atoms with Gasteiger partial charge in [0.05, 0.1) is 0 Å². The Morgan fingerprint density at radius 1 is 1.03 bits per heavy atom. The second kappa shape index (κ2) is 9.54. The zero-order valence-corrected chi connectivity index (χ0v) is 19.1. The van der Waals surface area contributed by atoms with E-state index >= 15 is 0 Å². The van der Waals surface area contributed by atoms with Crippen molar-refractivity contribution in [2.75, 3.05) is 13.6 Å². The van der Waals surface area contributed by atoms with E-state index in [1.807, 2.05) is 0 Å². The van der Waals surface area contributed by atoms with E-state index in [4.69, 9.17) is 0 Å². The third-order valence-electron chi connectivity index (χ3n) is 8.09. The molecular weight excluding hydrogens is 350 g/mol. The first kappa shape index (κ1) is 20.8. The highest BCUT2D eigenvalue weighted by Crippen LogP contribution is 2.55. The van der Waals surface area contributed by atoms with Crippen molar-refractivity contribution in [1.29, 1.82) is 0 Å². The summed E-state index contributed by atoms with van der Waals surface area (Å²) in [6.07, 6.45) is 17.6. The minimum absolute atomic E-state index is 0.845. The number of aryl methyl sites for hydroxylation is 2. The molecule has 1 saturated carbocycles. The molecule has 29 heavy (non-hydrogen) atoms. The van der Waals surface area contributed by atoms with Crippen molar-refractivity contribution >= 4 is 0 Å². The number of unbranched alkanes of at least 4 members (excludes halogenated alkanes) is 4. The van der Waals surface area contributed by atoms with Crippen molar-refractivity contribution in [3.63, 3.8) is 0 Å². The van der Waals surface area contributed by atoms with Crippen LogP contribution in [0.4, 0.5) is 0 Å². The van der Waals surface area contributed by atoms with Gasteiger partial charge in [-0.05, 0) is 91.9 Å². The third kappa shape index (κ3) is 4.35. The van der Waals surface area contributed by atoms with Gasteiger partial charge in [0.1, 0.15) is 0 Å². The highest BCUT2D eigenvalue weighted by Gasteiger charge is 2.45. The first-order valence-electron chi connectivity index (χ1n) is 12.4. The molecule has 0 radical (unpaired) electrons. The first-order valence-corrected chi connectivity index (χ1v) is 12.4. The Morgan fingerprint density at radius 3 is 2.66 bits per heavy atom. The molecule has 3 aliphatic rings. The lowest BCUT2D eigenvalue weighted by molar-refractivity contribution is 0.245. The van der Waals surface area contributed by atoms with E-state index in [9.17, 15) is 0 Å². The lowest BCUT2D eigenvalue weighted by Crippen LogP contribution is -2.31. The third-order valence-corrected chi connectivity index (χ3v) is 8.09. The highest BCUT2D eigenvalue weighted by molar-refractivity contribution is 5.47. The zero-order chi connectivity index (χ0) is 20.2. The van der Waals surface area contributed by atoms with E-state index in [1.165, 1.54) is 82.7 Å². The summed E-state index contributed by atoms with van der Waals surface area (Å²) in [7, 11) is 2.33. The average Bonchev–Trinajstić information content (AvgIpc) is 3.05. The summed E-state index contributed by atoms with van der Waals surface area (Å²) in [4.78, 5) is 2.57. The maximum absolute atomic E-state index is 2.62. The molecule has 0 bridgehead atoms. The Morgan fingerprint density at radius 2 is 1.83 bits per heavy atom. The normalized spacial score (nSPS) is 26.0. The smallest absolute Gasteiger partial charge is 0.0177 e. The van der Waals surface area contributed by atoms with E-state index in [0.29, 0.717) is 0 Å². The minimum atomic E-state index is 0.845. The van der Waals surface area contributed by atoms with Crippen LogP contribution in [0.2, 0.25) is 0 Å². The van der Waals surface area contributed by atoms with Crippen LogP contribution in [0.5, 0.6) is 0 Å².